The van der Waals surface area contributed by atoms with Crippen LogP contribution in [0, 0.1) is 0 Å². The number of hydrogen-bond acceptors (Lipinski definition) is 3. The van der Waals surface area contributed by atoms with Gasteiger partial charge < -0.3 is 14.5 Å². The lowest BCUT2D eigenvalue weighted by molar-refractivity contribution is -0.138. The normalized spacial score (nSPS) is 15.5. The molecule has 1 aliphatic heterocycles. The molecule has 3 aromatic rings. The zero-order valence-electron chi connectivity index (χ0n) is 15.8. The fraction of sp³-hybridized carbons (Fsp3) is 0.261. The first-order chi connectivity index (χ1) is 13.6. The molecule has 0 N–H and O–H groups in total. The third-order valence-electron chi connectivity index (χ3n) is 5.17. The lowest BCUT2D eigenvalue weighted by Crippen LogP contribution is -2.52. The van der Waals surface area contributed by atoms with Gasteiger partial charge in [-0.25, -0.2) is 0 Å². The Labute approximate surface area is 170 Å². The summed E-state index contributed by atoms with van der Waals surface area (Å²) in [7, 11) is 0. The third kappa shape index (κ3) is 3.92. The topological polar surface area (TPSA) is 32.8 Å². The van der Waals surface area contributed by atoms with Gasteiger partial charge in [0.2, 0.25) is 0 Å². The molecular formula is C23H23ClN2O2. The quantitative estimate of drug-likeness (QED) is 0.647. The molecule has 1 unspecified atom stereocenters. The van der Waals surface area contributed by atoms with Gasteiger partial charge in [-0.2, -0.15) is 0 Å². The maximum atomic E-state index is 12.9. The molecule has 0 aromatic heterocycles. The minimum Gasteiger partial charge on any atom is -0.480 e. The summed E-state index contributed by atoms with van der Waals surface area (Å²) in [5.41, 5.74) is 1.10. The van der Waals surface area contributed by atoms with E-state index in [2.05, 4.69) is 11.0 Å². The van der Waals surface area contributed by atoms with E-state index in [0.29, 0.717) is 13.1 Å². The van der Waals surface area contributed by atoms with Crippen molar-refractivity contribution in [2.24, 2.45) is 0 Å². The zero-order chi connectivity index (χ0) is 19.5. The summed E-state index contributed by atoms with van der Waals surface area (Å²) in [5, 5.41) is 2.86. The molecule has 28 heavy (non-hydrogen) atoms. The lowest BCUT2D eigenvalue weighted by atomic mass is 10.1. The van der Waals surface area contributed by atoms with Gasteiger partial charge in [-0.1, -0.05) is 54.1 Å². The molecule has 0 radical (unpaired) electrons. The van der Waals surface area contributed by atoms with Crippen molar-refractivity contribution in [3.05, 3.63) is 71.8 Å². The van der Waals surface area contributed by atoms with E-state index in [-0.39, 0.29) is 5.91 Å². The van der Waals surface area contributed by atoms with Crippen LogP contribution in [0.15, 0.2) is 66.7 Å². The Morgan fingerprint density at radius 1 is 0.964 bits per heavy atom. The van der Waals surface area contributed by atoms with Crippen LogP contribution in [-0.4, -0.2) is 43.1 Å². The average molecular weight is 395 g/mol. The summed E-state index contributed by atoms with van der Waals surface area (Å²) in [5.74, 6) is 0.773. The molecule has 0 saturated carbocycles. The second-order valence-corrected chi connectivity index (χ2v) is 7.47. The van der Waals surface area contributed by atoms with Gasteiger partial charge in [-0.15, -0.1) is 0 Å². The largest absolute Gasteiger partial charge is 0.480 e. The molecule has 3 aromatic carbocycles. The molecule has 0 spiro atoms. The van der Waals surface area contributed by atoms with Crippen molar-refractivity contribution in [2.75, 3.05) is 31.1 Å². The standard InChI is InChI=1S/C23H23ClN2O2/c1-17(28-22-11-4-7-18-6-2-3-10-21(18)22)23(27)26-14-12-25(13-15-26)20-9-5-8-19(24)16-20/h2-11,16-17H,12-15H2,1H3. The molecule has 4 rings (SSSR count). The molecule has 1 heterocycles. The Hall–Kier alpha value is -2.72. The molecule has 1 saturated heterocycles. The van der Waals surface area contributed by atoms with Gasteiger partial charge in [0, 0.05) is 42.3 Å². The van der Waals surface area contributed by atoms with Gasteiger partial charge in [0.25, 0.3) is 5.91 Å². The van der Waals surface area contributed by atoms with Gasteiger partial charge in [0.15, 0.2) is 6.10 Å². The highest BCUT2D eigenvalue weighted by Gasteiger charge is 2.26. The summed E-state index contributed by atoms with van der Waals surface area (Å²) in [6.07, 6.45) is -0.525. The highest BCUT2D eigenvalue weighted by molar-refractivity contribution is 6.30. The summed E-state index contributed by atoms with van der Waals surface area (Å²) in [6.45, 7) is 4.75. The van der Waals surface area contributed by atoms with Gasteiger partial charge in [-0.3, -0.25) is 4.79 Å². The van der Waals surface area contributed by atoms with Crippen LogP contribution in [0.5, 0.6) is 5.75 Å². The Bertz CT molecular complexity index is 978. The number of amides is 1. The molecule has 4 nitrogen and oxygen atoms in total. The van der Waals surface area contributed by atoms with E-state index >= 15 is 0 Å². The monoisotopic (exact) mass is 394 g/mol. The summed E-state index contributed by atoms with van der Waals surface area (Å²) in [6, 6.07) is 21.8. The maximum absolute atomic E-state index is 12.9. The number of hydrogen-bond donors (Lipinski definition) is 0. The van der Waals surface area contributed by atoms with E-state index in [1.807, 2.05) is 72.5 Å². The van der Waals surface area contributed by atoms with Crippen LogP contribution in [0.4, 0.5) is 5.69 Å². The summed E-state index contributed by atoms with van der Waals surface area (Å²) < 4.78 is 6.05. The molecule has 0 bridgehead atoms. The predicted octanol–water partition coefficient (Wildman–Crippen LogP) is 4.61. The Morgan fingerprint density at radius 2 is 1.68 bits per heavy atom. The Kier molecular flexibility index (Phi) is 5.40. The van der Waals surface area contributed by atoms with E-state index in [4.69, 9.17) is 16.3 Å². The number of fused-ring (bicyclic) bond motifs is 1. The van der Waals surface area contributed by atoms with Gasteiger partial charge >= 0.3 is 0 Å². The van der Waals surface area contributed by atoms with Crippen LogP contribution in [0.2, 0.25) is 5.02 Å². The van der Waals surface area contributed by atoms with Crippen molar-refractivity contribution < 1.29 is 9.53 Å². The van der Waals surface area contributed by atoms with Crippen molar-refractivity contribution in [3.8, 4) is 5.75 Å². The zero-order valence-corrected chi connectivity index (χ0v) is 16.6. The van der Waals surface area contributed by atoms with Gasteiger partial charge in [-0.05, 0) is 36.6 Å². The van der Waals surface area contributed by atoms with Crippen LogP contribution in [0.25, 0.3) is 10.8 Å². The van der Waals surface area contributed by atoms with Crippen LogP contribution < -0.4 is 9.64 Å². The molecular weight excluding hydrogens is 372 g/mol. The third-order valence-corrected chi connectivity index (χ3v) is 5.40. The van der Waals surface area contributed by atoms with E-state index < -0.39 is 6.10 Å². The first kappa shape index (κ1) is 18.6. The highest BCUT2D eigenvalue weighted by atomic mass is 35.5. The van der Waals surface area contributed by atoms with Gasteiger partial charge in [0.1, 0.15) is 5.75 Å². The van der Waals surface area contributed by atoms with E-state index in [9.17, 15) is 4.79 Å². The smallest absolute Gasteiger partial charge is 0.263 e. The first-order valence-electron chi connectivity index (χ1n) is 9.55. The van der Waals surface area contributed by atoms with Crippen molar-refractivity contribution in [1.82, 2.24) is 4.90 Å². The molecule has 0 aliphatic carbocycles. The molecule has 1 fully saturated rings. The number of benzene rings is 3. The number of nitrogens with zero attached hydrogens (tertiary/aromatic N) is 2. The second kappa shape index (κ2) is 8.11. The number of anilines is 1. The van der Waals surface area contributed by atoms with Crippen LogP contribution >= 0.6 is 11.6 Å². The van der Waals surface area contributed by atoms with Crippen molar-refractivity contribution in [3.63, 3.8) is 0 Å². The minimum absolute atomic E-state index is 0.0266. The summed E-state index contributed by atoms with van der Waals surface area (Å²) >= 11 is 6.10. The Morgan fingerprint density at radius 3 is 2.46 bits per heavy atom. The highest BCUT2D eigenvalue weighted by Crippen LogP contribution is 2.26. The minimum atomic E-state index is -0.525. The fourth-order valence-electron chi connectivity index (χ4n) is 3.65. The van der Waals surface area contributed by atoms with E-state index in [1.54, 1.807) is 0 Å². The SMILES string of the molecule is CC(Oc1cccc2ccccc12)C(=O)N1CCN(c2cccc(Cl)c2)CC1. The maximum Gasteiger partial charge on any atom is 0.263 e. The molecule has 1 atom stereocenters. The average Bonchev–Trinajstić information content (AvgIpc) is 2.73. The number of carbonyl (C=O) groups excluding carboxylic acids is 1. The summed E-state index contributed by atoms with van der Waals surface area (Å²) in [4.78, 5) is 17.0. The second-order valence-electron chi connectivity index (χ2n) is 7.03. The number of halogens is 1. The number of rotatable bonds is 4. The Balaban J connectivity index is 1.39. The van der Waals surface area contributed by atoms with Crippen molar-refractivity contribution >= 4 is 34.0 Å². The fourth-order valence-corrected chi connectivity index (χ4v) is 3.84. The van der Waals surface area contributed by atoms with Gasteiger partial charge in [0.05, 0.1) is 0 Å². The number of ether oxygens (including phenoxy) is 1. The van der Waals surface area contributed by atoms with Crippen LogP contribution in [0.3, 0.4) is 0 Å². The number of piperazine rings is 1. The predicted molar refractivity (Wildman–Crippen MR) is 114 cm³/mol. The molecule has 1 amide bonds. The van der Waals surface area contributed by atoms with Crippen LogP contribution in [0.1, 0.15) is 6.92 Å². The van der Waals surface area contributed by atoms with E-state index in [0.717, 1.165) is 40.3 Å². The molecule has 1 aliphatic rings. The number of carbonyl (C=O) groups is 1. The van der Waals surface area contributed by atoms with Crippen LogP contribution in [-0.2, 0) is 4.79 Å². The lowest BCUT2D eigenvalue weighted by Gasteiger charge is -2.37. The van der Waals surface area contributed by atoms with Crippen molar-refractivity contribution in [1.29, 1.82) is 0 Å². The molecule has 5 heteroatoms. The van der Waals surface area contributed by atoms with Crippen molar-refractivity contribution in [2.45, 2.75) is 13.0 Å². The molecule has 144 valence electrons. The van der Waals surface area contributed by atoms with E-state index in [1.165, 1.54) is 0 Å². The first-order valence-corrected chi connectivity index (χ1v) is 9.93.